The number of carbonyl (C=O) groups is 4. The van der Waals surface area contributed by atoms with E-state index < -0.39 is 11.9 Å². The predicted molar refractivity (Wildman–Crippen MR) is 141 cm³/mol. The average molecular weight is 545 g/mol. The summed E-state index contributed by atoms with van der Waals surface area (Å²) in [6.45, 7) is 0.280. The van der Waals surface area contributed by atoms with Gasteiger partial charge in [0.1, 0.15) is 23.0 Å². The van der Waals surface area contributed by atoms with Crippen LogP contribution in [-0.2, 0) is 9.59 Å². The number of amides is 2. The van der Waals surface area contributed by atoms with Crippen molar-refractivity contribution >= 4 is 24.4 Å². The minimum Gasteiger partial charge on any atom is -0.496 e. The molecule has 0 aliphatic rings. The molecule has 2 N–H and O–H groups in total. The predicted octanol–water partition coefficient (Wildman–Crippen LogP) is 1.97. The van der Waals surface area contributed by atoms with Crippen LogP contribution in [0, 0.1) is 4.91 Å². The number of methoxy groups -OCH3 is 2. The highest BCUT2D eigenvalue weighted by Gasteiger charge is 2.32. The zero-order valence-corrected chi connectivity index (χ0v) is 22.3. The molecule has 2 rings (SSSR count). The summed E-state index contributed by atoms with van der Waals surface area (Å²) in [6, 6.07) is 8.46. The lowest BCUT2D eigenvalue weighted by Crippen LogP contribution is -2.48. The molecule has 0 radical (unpaired) electrons. The Bertz CT molecular complexity index is 1150. The zero-order chi connectivity index (χ0) is 28.6. The molecule has 1 atom stereocenters. The molecule has 0 unspecified atom stereocenters. The van der Waals surface area contributed by atoms with E-state index in [1.165, 1.54) is 21.3 Å². The van der Waals surface area contributed by atoms with Crippen molar-refractivity contribution in [1.29, 1.82) is 0 Å². The number of rotatable bonds is 18. The average Bonchev–Trinajstić information content (AvgIpc) is 2.96. The second-order valence-electron chi connectivity index (χ2n) is 8.27. The van der Waals surface area contributed by atoms with Crippen LogP contribution in [0.25, 0.3) is 0 Å². The molecule has 0 saturated heterocycles. The van der Waals surface area contributed by atoms with E-state index in [0.29, 0.717) is 64.3 Å². The fourth-order valence-corrected chi connectivity index (χ4v) is 3.54. The summed E-state index contributed by atoms with van der Waals surface area (Å²) in [6.07, 6.45) is 2.20. The van der Waals surface area contributed by atoms with Crippen molar-refractivity contribution in [3.05, 3.63) is 52.4 Å². The molecule has 2 aromatic rings. The van der Waals surface area contributed by atoms with Gasteiger partial charge in [0, 0.05) is 41.7 Å². The summed E-state index contributed by atoms with van der Waals surface area (Å²) in [7, 11) is 4.31. The normalized spacial score (nSPS) is 11.1. The van der Waals surface area contributed by atoms with Gasteiger partial charge in [-0.25, -0.2) is 0 Å². The van der Waals surface area contributed by atoms with Gasteiger partial charge in [0.05, 0.1) is 45.1 Å². The second-order valence-corrected chi connectivity index (χ2v) is 8.27. The van der Waals surface area contributed by atoms with Crippen LogP contribution < -0.4 is 29.6 Å². The molecule has 210 valence electrons. The molecule has 0 spiro atoms. The number of nitrogens with zero attached hydrogens (tertiary/aromatic N) is 1. The van der Waals surface area contributed by atoms with Crippen LogP contribution in [-0.4, -0.2) is 82.8 Å². The highest BCUT2D eigenvalue weighted by atomic mass is 16.5. The van der Waals surface area contributed by atoms with Gasteiger partial charge in [0.2, 0.25) is 5.91 Å². The van der Waals surface area contributed by atoms with Gasteiger partial charge >= 0.3 is 0 Å². The van der Waals surface area contributed by atoms with Gasteiger partial charge in [-0.1, -0.05) is 0 Å². The van der Waals surface area contributed by atoms with Crippen molar-refractivity contribution in [2.24, 2.45) is 0 Å². The number of hydrogen-bond acceptors (Lipinski definition) is 9. The van der Waals surface area contributed by atoms with E-state index in [-0.39, 0.29) is 38.6 Å². The summed E-state index contributed by atoms with van der Waals surface area (Å²) in [5.41, 5.74) is 0.797. The van der Waals surface area contributed by atoms with Crippen LogP contribution in [0.3, 0.4) is 0 Å². The molecule has 0 bridgehead atoms. The molecule has 2 amide bonds. The molecule has 12 heteroatoms. The van der Waals surface area contributed by atoms with E-state index >= 15 is 0 Å². The standard InChI is InChI=1S/C27H33N3O9/c1-28-27(34)23(30(35)11-5-13-39-22-10-8-20(18-32)25(15-22)37-3)16-29-26(33)6-4-12-38-21-9-7-19(17-31)24(14-21)36-2/h7-10,14-15,17-18,23H,4-6,11-13,16H2,1-3H3,(H-,28,29,33,34)/p+1/t23-/m0/s1. The van der Waals surface area contributed by atoms with E-state index in [2.05, 4.69) is 10.6 Å². The summed E-state index contributed by atoms with van der Waals surface area (Å²) in [4.78, 5) is 59.1. The highest BCUT2D eigenvalue weighted by molar-refractivity contribution is 5.82. The summed E-state index contributed by atoms with van der Waals surface area (Å²) in [5, 5.41) is 5.06. The van der Waals surface area contributed by atoms with Crippen LogP contribution in [0.4, 0.5) is 0 Å². The maximum atomic E-state index is 12.6. The Morgan fingerprint density at radius 1 is 0.897 bits per heavy atom. The Balaban J connectivity index is 1.75. The van der Waals surface area contributed by atoms with Crippen molar-refractivity contribution in [1.82, 2.24) is 10.6 Å². The van der Waals surface area contributed by atoms with E-state index in [1.54, 1.807) is 36.4 Å². The minimum atomic E-state index is -1.11. The third kappa shape index (κ3) is 9.72. The van der Waals surface area contributed by atoms with Crippen LogP contribution in [0.1, 0.15) is 40.0 Å². The topological polar surface area (TPSA) is 149 Å². The van der Waals surface area contributed by atoms with Crippen molar-refractivity contribution in [2.45, 2.75) is 25.3 Å². The lowest BCUT2D eigenvalue weighted by molar-refractivity contribution is -0.571. The van der Waals surface area contributed by atoms with Crippen LogP contribution in [0.5, 0.6) is 23.0 Å². The van der Waals surface area contributed by atoms with Gasteiger partial charge in [-0.3, -0.25) is 19.2 Å². The smallest absolute Gasteiger partial charge is 0.294 e. The Labute approximate surface area is 226 Å². The SMILES string of the molecule is CNC(=O)[C@H](CNC(=O)CCCOc1ccc(C=O)c(OC)c1)[N+](=O)CCCOc1ccc(C=O)c(OC)c1. The third-order valence-corrected chi connectivity index (χ3v) is 5.66. The number of nitroso groups, excluding NO2 is 1. The first-order valence-corrected chi connectivity index (χ1v) is 12.3. The summed E-state index contributed by atoms with van der Waals surface area (Å²) >= 11 is 0. The fourth-order valence-electron chi connectivity index (χ4n) is 3.54. The molecule has 0 aliphatic heterocycles. The monoisotopic (exact) mass is 544 g/mol. The maximum absolute atomic E-state index is 12.6. The number of benzene rings is 2. The first-order chi connectivity index (χ1) is 18.9. The lowest BCUT2D eigenvalue weighted by Gasteiger charge is -2.12. The molecule has 0 aliphatic carbocycles. The lowest BCUT2D eigenvalue weighted by atomic mass is 10.2. The summed E-state index contributed by atoms with van der Waals surface area (Å²) < 4.78 is 22.1. The van der Waals surface area contributed by atoms with Gasteiger partial charge < -0.3 is 29.6 Å². The second kappa shape index (κ2) is 16.4. The number of likely N-dealkylation sites (N-methyl/N-ethyl adjacent to an activating group) is 1. The van der Waals surface area contributed by atoms with Crippen molar-refractivity contribution in [2.75, 3.05) is 47.6 Å². The Hall–Kier alpha value is -4.48. The molecule has 0 fully saturated rings. The highest BCUT2D eigenvalue weighted by Crippen LogP contribution is 2.24. The van der Waals surface area contributed by atoms with E-state index in [1.807, 2.05) is 0 Å². The molecular weight excluding hydrogens is 510 g/mol. The van der Waals surface area contributed by atoms with Gasteiger partial charge in [-0.05, 0) is 30.7 Å². The molecule has 0 saturated carbocycles. The van der Waals surface area contributed by atoms with E-state index in [9.17, 15) is 24.1 Å². The van der Waals surface area contributed by atoms with Crippen LogP contribution in [0.2, 0.25) is 0 Å². The Morgan fingerprint density at radius 2 is 1.44 bits per heavy atom. The van der Waals surface area contributed by atoms with Gasteiger partial charge in [-0.15, -0.1) is 0 Å². The van der Waals surface area contributed by atoms with Gasteiger partial charge in [-0.2, -0.15) is 0 Å². The van der Waals surface area contributed by atoms with Crippen molar-refractivity contribution in [3.8, 4) is 23.0 Å². The number of nitrogens with one attached hydrogen (secondary N) is 2. The molecule has 12 nitrogen and oxygen atoms in total. The number of carbonyl (C=O) groups excluding carboxylic acids is 4. The first kappa shape index (κ1) is 30.7. The molecule has 0 aromatic heterocycles. The zero-order valence-electron chi connectivity index (χ0n) is 22.3. The quantitative estimate of drug-likeness (QED) is 0.163. The first-order valence-electron chi connectivity index (χ1n) is 12.3. The van der Waals surface area contributed by atoms with Gasteiger partial charge in [0.15, 0.2) is 19.1 Å². The van der Waals surface area contributed by atoms with Crippen molar-refractivity contribution < 1.29 is 42.9 Å². The maximum Gasteiger partial charge on any atom is 0.294 e. The Morgan fingerprint density at radius 3 is 1.92 bits per heavy atom. The van der Waals surface area contributed by atoms with E-state index in [0.717, 1.165) is 0 Å². The molecule has 2 aromatic carbocycles. The van der Waals surface area contributed by atoms with Crippen LogP contribution in [0.15, 0.2) is 36.4 Å². The number of aldehydes is 2. The largest absolute Gasteiger partial charge is 0.496 e. The van der Waals surface area contributed by atoms with Crippen molar-refractivity contribution in [3.63, 3.8) is 0 Å². The number of hydrogen-bond donors (Lipinski definition) is 2. The van der Waals surface area contributed by atoms with Gasteiger partial charge in [0.25, 0.3) is 11.9 Å². The fraction of sp³-hybridized carbons (Fsp3) is 0.407. The Kier molecular flexibility index (Phi) is 12.9. The van der Waals surface area contributed by atoms with Crippen LogP contribution >= 0.6 is 0 Å². The molecule has 0 heterocycles. The number of ether oxygens (including phenoxy) is 4. The van der Waals surface area contributed by atoms with E-state index in [4.69, 9.17) is 18.9 Å². The molecular formula is C27H34N3O9+. The minimum absolute atomic E-state index is 0.00227. The third-order valence-electron chi connectivity index (χ3n) is 5.66. The summed E-state index contributed by atoms with van der Waals surface area (Å²) in [5.74, 6) is 0.903. The molecule has 39 heavy (non-hydrogen) atoms.